The molecule has 1 N–H and O–H groups in total. The van der Waals surface area contributed by atoms with Gasteiger partial charge in [-0.2, -0.15) is 13.9 Å². The molecule has 1 aliphatic carbocycles. The number of amidine groups is 1. The lowest BCUT2D eigenvalue weighted by molar-refractivity contribution is -0.0775. The van der Waals surface area contributed by atoms with Gasteiger partial charge in [-0.3, -0.25) is 9.98 Å². The van der Waals surface area contributed by atoms with Crippen LogP contribution in [-0.2, 0) is 15.6 Å². The Morgan fingerprint density at radius 3 is 2.51 bits per heavy atom. The first kappa shape index (κ1) is 32.6. The van der Waals surface area contributed by atoms with E-state index in [2.05, 4.69) is 15.1 Å². The summed E-state index contributed by atoms with van der Waals surface area (Å²) < 4.78 is 71.9. The number of aliphatic hydroxyl groups is 1. The van der Waals surface area contributed by atoms with E-state index in [0.717, 1.165) is 0 Å². The molecule has 0 spiro atoms. The topological polar surface area (TPSA) is 117 Å². The van der Waals surface area contributed by atoms with Crippen molar-refractivity contribution >= 4 is 44.4 Å². The lowest BCUT2D eigenvalue weighted by atomic mass is 9.78. The van der Waals surface area contributed by atoms with Crippen molar-refractivity contribution in [2.45, 2.75) is 37.5 Å². The van der Waals surface area contributed by atoms with Crippen LogP contribution in [-0.4, -0.2) is 73.7 Å². The Bertz CT molecular complexity index is 2050. The molecule has 16 heteroatoms. The summed E-state index contributed by atoms with van der Waals surface area (Å²) in [6.45, 7) is -2.21. The fraction of sp³-hybridized carbons (Fsp3) is 0.394. The molecule has 2 bridgehead atoms. The lowest BCUT2D eigenvalue weighted by Crippen LogP contribution is -2.54. The molecule has 4 aromatic rings. The maximum absolute atomic E-state index is 14.2. The predicted molar refractivity (Wildman–Crippen MR) is 178 cm³/mol. The van der Waals surface area contributed by atoms with Crippen LogP contribution in [0.2, 0.25) is 5.02 Å². The first-order valence-corrected chi connectivity index (χ1v) is 18.8. The van der Waals surface area contributed by atoms with Crippen LogP contribution in [0.3, 0.4) is 0 Å². The van der Waals surface area contributed by atoms with Gasteiger partial charge in [0.05, 0.1) is 17.1 Å². The zero-order valence-corrected chi connectivity index (χ0v) is 28.3. The molecular formula is C33H31ClF3N7O3S2. The second kappa shape index (κ2) is 12.3. The number of hydrogen-bond donors (Lipinski definition) is 1. The van der Waals surface area contributed by atoms with Gasteiger partial charge in [0.1, 0.15) is 17.5 Å². The molecule has 4 atom stereocenters. The second-order valence-corrected chi connectivity index (χ2v) is 16.3. The van der Waals surface area contributed by atoms with Gasteiger partial charge in [-0.25, -0.2) is 26.8 Å². The summed E-state index contributed by atoms with van der Waals surface area (Å²) in [6.07, 6.45) is 6.14. The number of aliphatic imine (C=N–C) groups is 1. The summed E-state index contributed by atoms with van der Waals surface area (Å²) in [4.78, 5) is 15.8. The van der Waals surface area contributed by atoms with Gasteiger partial charge in [0.15, 0.2) is 10.8 Å². The molecule has 6 heterocycles. The number of thiazole rings is 1. The van der Waals surface area contributed by atoms with Gasteiger partial charge in [0.25, 0.3) is 0 Å². The van der Waals surface area contributed by atoms with E-state index >= 15 is 0 Å². The molecule has 3 aliphatic heterocycles. The third-order valence-electron chi connectivity index (χ3n) is 10.2. The summed E-state index contributed by atoms with van der Waals surface area (Å²) in [5.74, 6) is -1.18. The largest absolute Gasteiger partial charge is 0.383 e. The Balaban J connectivity index is 1.15. The molecule has 3 fully saturated rings. The van der Waals surface area contributed by atoms with Crippen LogP contribution < -0.4 is 0 Å². The minimum atomic E-state index is -3.79. The Labute approximate surface area is 289 Å². The quantitative estimate of drug-likeness (QED) is 0.247. The Morgan fingerprint density at radius 1 is 1.06 bits per heavy atom. The van der Waals surface area contributed by atoms with E-state index in [1.54, 1.807) is 29.9 Å². The minimum Gasteiger partial charge on any atom is -0.383 e. The first-order valence-electron chi connectivity index (χ1n) is 15.9. The fourth-order valence-corrected chi connectivity index (χ4v) is 10.7. The highest BCUT2D eigenvalue weighted by Crippen LogP contribution is 2.52. The maximum Gasteiger partial charge on any atom is 0.333 e. The second-order valence-electron chi connectivity index (χ2n) is 13.0. The van der Waals surface area contributed by atoms with Crippen LogP contribution in [0.15, 0.2) is 77.1 Å². The van der Waals surface area contributed by atoms with Crippen molar-refractivity contribution in [1.29, 1.82) is 0 Å². The number of halogens is 4. The molecule has 256 valence electrons. The number of hydrogen-bond acceptors (Lipinski definition) is 9. The number of benzene rings is 1. The van der Waals surface area contributed by atoms with Crippen molar-refractivity contribution in [3.63, 3.8) is 0 Å². The molecule has 0 amide bonds. The van der Waals surface area contributed by atoms with Crippen molar-refractivity contribution < 1.29 is 26.7 Å². The van der Waals surface area contributed by atoms with E-state index in [4.69, 9.17) is 16.6 Å². The Kier molecular flexibility index (Phi) is 8.18. The number of alkyl halides is 2. The zero-order chi connectivity index (χ0) is 34.1. The average Bonchev–Trinajstić information content (AvgIpc) is 3.87. The molecule has 2 saturated heterocycles. The van der Waals surface area contributed by atoms with E-state index < -0.39 is 40.0 Å². The molecule has 2 unspecified atom stereocenters. The minimum absolute atomic E-state index is 0.106. The van der Waals surface area contributed by atoms with Crippen LogP contribution in [0.25, 0.3) is 5.57 Å². The SMILES string of the molecule is O=S(=O)(C[C@H]1CC2=C(c3ccn(C(F)F)n3)[C@H](c3ccc(F)cc3Cl)N=C(c3nccs3)N2C1)N1CC2CCC(C1)C2(O)c1ccccn1. The number of aromatic nitrogens is 4. The first-order chi connectivity index (χ1) is 23.5. The van der Waals surface area contributed by atoms with Crippen molar-refractivity contribution in [3.05, 3.63) is 105 Å². The van der Waals surface area contributed by atoms with Crippen molar-refractivity contribution in [2.24, 2.45) is 22.7 Å². The van der Waals surface area contributed by atoms with Crippen LogP contribution in [0.1, 0.15) is 53.8 Å². The number of pyridine rings is 1. The standard InChI is InChI=1S/C33H31ClF3N7O3S2/c34-24-14-22(35)6-7-23(24)29-28(25-8-11-44(41-25)32(36)37)26-13-19(15-43(26)30(40-29)31-39-10-12-48-31)18-49(46,47)42-16-20-4-5-21(17-42)33(20,45)27-3-1-2-9-38-27/h1-3,6-12,14,19-21,29,32,45H,4-5,13,15-18H2/t19-,20?,21?,29-,33?/m0/s1. The number of piperidine rings is 1. The molecule has 1 aromatic carbocycles. The normalized spacial score (nSPS) is 27.2. The summed E-state index contributed by atoms with van der Waals surface area (Å²) in [6, 6.07) is 9.98. The molecule has 8 rings (SSSR count). The smallest absolute Gasteiger partial charge is 0.333 e. The summed E-state index contributed by atoms with van der Waals surface area (Å²) in [5, 5.41) is 18.5. The summed E-state index contributed by atoms with van der Waals surface area (Å²) >= 11 is 7.92. The predicted octanol–water partition coefficient (Wildman–Crippen LogP) is 5.72. The highest BCUT2D eigenvalue weighted by atomic mass is 35.5. The van der Waals surface area contributed by atoms with Gasteiger partial charge in [-0.15, -0.1) is 11.3 Å². The zero-order valence-electron chi connectivity index (χ0n) is 25.9. The molecule has 10 nitrogen and oxygen atoms in total. The van der Waals surface area contributed by atoms with Crippen molar-refractivity contribution in [3.8, 4) is 0 Å². The number of rotatable bonds is 8. The Morgan fingerprint density at radius 2 is 1.86 bits per heavy atom. The molecule has 0 radical (unpaired) electrons. The molecule has 49 heavy (non-hydrogen) atoms. The maximum atomic E-state index is 14.2. The highest BCUT2D eigenvalue weighted by Gasteiger charge is 2.56. The highest BCUT2D eigenvalue weighted by molar-refractivity contribution is 7.89. The van der Waals surface area contributed by atoms with Gasteiger partial charge in [-0.05, 0) is 55.5 Å². The number of allylic oxidation sites excluding steroid dienone is 1. The number of sulfonamides is 1. The van der Waals surface area contributed by atoms with Gasteiger partial charge in [-0.1, -0.05) is 23.7 Å². The van der Waals surface area contributed by atoms with E-state index in [0.29, 0.717) is 50.9 Å². The average molecular weight is 730 g/mol. The van der Waals surface area contributed by atoms with Crippen molar-refractivity contribution in [2.75, 3.05) is 25.4 Å². The van der Waals surface area contributed by atoms with Crippen molar-refractivity contribution in [1.82, 2.24) is 29.0 Å². The fourth-order valence-electron chi connectivity index (χ4n) is 7.99. The van der Waals surface area contributed by atoms with Crippen LogP contribution in [0.5, 0.6) is 0 Å². The van der Waals surface area contributed by atoms with Gasteiger partial charge < -0.3 is 10.0 Å². The third kappa shape index (κ3) is 5.59. The van der Waals surface area contributed by atoms with E-state index in [9.17, 15) is 26.7 Å². The van der Waals surface area contributed by atoms with Gasteiger partial charge in [0.2, 0.25) is 10.0 Å². The summed E-state index contributed by atoms with van der Waals surface area (Å²) in [7, 11) is -3.79. The Hall–Kier alpha value is -3.63. The molecule has 3 aromatic heterocycles. The van der Waals surface area contributed by atoms with E-state index in [1.807, 2.05) is 11.0 Å². The van der Waals surface area contributed by atoms with Crippen LogP contribution >= 0.6 is 22.9 Å². The third-order valence-corrected chi connectivity index (χ3v) is 13.3. The molecular weight excluding hydrogens is 699 g/mol. The van der Waals surface area contributed by atoms with E-state index in [1.165, 1.54) is 46.1 Å². The summed E-state index contributed by atoms with van der Waals surface area (Å²) in [5.41, 5.74) is 1.24. The van der Waals surface area contributed by atoms with Gasteiger partial charge >= 0.3 is 6.55 Å². The van der Waals surface area contributed by atoms with Gasteiger partial charge in [0, 0.05) is 77.3 Å². The monoisotopic (exact) mass is 729 g/mol. The number of nitrogens with zero attached hydrogens (tertiary/aromatic N) is 7. The van der Waals surface area contributed by atoms with E-state index in [-0.39, 0.29) is 54.4 Å². The number of fused-ring (bicyclic) bond motifs is 3. The molecule has 4 aliphatic rings. The molecule has 1 saturated carbocycles. The van der Waals surface area contributed by atoms with Crippen LogP contribution in [0, 0.1) is 23.6 Å². The lowest BCUT2D eigenvalue weighted by Gasteiger charge is -2.43. The van der Waals surface area contributed by atoms with Crippen LogP contribution in [0.4, 0.5) is 13.2 Å².